The fourth-order valence-corrected chi connectivity index (χ4v) is 1.83. The molecule has 2 aromatic carbocycles. The molecule has 1 amide bonds. The number of hydrogen-bond acceptors (Lipinski definition) is 4. The number of halogens is 2. The molecule has 0 saturated heterocycles. The van der Waals surface area contributed by atoms with Crippen molar-refractivity contribution in [3.05, 3.63) is 65.2 Å². The van der Waals surface area contributed by atoms with E-state index in [2.05, 4.69) is 5.32 Å². The van der Waals surface area contributed by atoms with Crippen LogP contribution in [-0.4, -0.2) is 18.0 Å². The molecule has 0 aliphatic rings. The standard InChI is InChI=1S/C17H12F2N2O3/c1-10(16(22)21-15-4-2-11(9-20)3-5-15)24-17(23)12-6-13(18)8-14(19)7-12/h2-8,10H,1H3,(H,21,22)/t10-/m0/s1. The van der Waals surface area contributed by atoms with E-state index in [0.717, 1.165) is 12.1 Å². The molecular formula is C17H12F2N2O3. The Morgan fingerprint density at radius 2 is 1.71 bits per heavy atom. The molecule has 7 heteroatoms. The van der Waals surface area contributed by atoms with Crippen molar-refractivity contribution in [2.45, 2.75) is 13.0 Å². The summed E-state index contributed by atoms with van der Waals surface area (Å²) in [4.78, 5) is 23.8. The summed E-state index contributed by atoms with van der Waals surface area (Å²) < 4.78 is 31.1. The predicted molar refractivity (Wildman–Crippen MR) is 81.0 cm³/mol. The molecule has 0 aliphatic carbocycles. The first-order chi connectivity index (χ1) is 11.4. The van der Waals surface area contributed by atoms with Crippen molar-refractivity contribution >= 4 is 17.6 Å². The number of esters is 1. The minimum absolute atomic E-state index is 0.328. The number of benzene rings is 2. The van der Waals surface area contributed by atoms with E-state index >= 15 is 0 Å². The van der Waals surface area contributed by atoms with Crippen molar-refractivity contribution in [1.82, 2.24) is 0 Å². The average Bonchev–Trinajstić information content (AvgIpc) is 2.54. The van der Waals surface area contributed by atoms with Gasteiger partial charge in [0.05, 0.1) is 17.2 Å². The number of carbonyl (C=O) groups excluding carboxylic acids is 2. The molecule has 0 heterocycles. The van der Waals surface area contributed by atoms with Gasteiger partial charge < -0.3 is 10.1 Å². The van der Waals surface area contributed by atoms with Gasteiger partial charge in [0.15, 0.2) is 6.10 Å². The molecule has 0 radical (unpaired) electrons. The Labute approximate surface area is 136 Å². The van der Waals surface area contributed by atoms with Crippen LogP contribution in [0.5, 0.6) is 0 Å². The number of nitriles is 1. The quantitative estimate of drug-likeness (QED) is 0.874. The summed E-state index contributed by atoms with van der Waals surface area (Å²) in [6.07, 6.45) is -1.18. The summed E-state index contributed by atoms with van der Waals surface area (Å²) in [5.41, 5.74) is 0.518. The van der Waals surface area contributed by atoms with Gasteiger partial charge in [-0.15, -0.1) is 0 Å². The molecule has 0 fully saturated rings. The van der Waals surface area contributed by atoms with E-state index in [1.165, 1.54) is 31.2 Å². The van der Waals surface area contributed by atoms with E-state index in [9.17, 15) is 18.4 Å². The normalized spacial score (nSPS) is 11.2. The number of carbonyl (C=O) groups is 2. The summed E-state index contributed by atoms with van der Waals surface area (Å²) in [6, 6.07) is 10.3. The molecule has 122 valence electrons. The minimum atomic E-state index is -1.18. The number of hydrogen-bond donors (Lipinski definition) is 1. The molecule has 0 unspecified atom stereocenters. The topological polar surface area (TPSA) is 79.2 Å². The maximum atomic E-state index is 13.1. The van der Waals surface area contributed by atoms with Gasteiger partial charge in [0, 0.05) is 11.8 Å². The van der Waals surface area contributed by atoms with Crippen molar-refractivity contribution in [3.63, 3.8) is 0 Å². The first-order valence-electron chi connectivity index (χ1n) is 6.87. The minimum Gasteiger partial charge on any atom is -0.449 e. The Hall–Kier alpha value is -3.27. The second-order valence-corrected chi connectivity index (χ2v) is 4.88. The molecule has 1 atom stereocenters. The van der Waals surface area contributed by atoms with Gasteiger partial charge in [-0.05, 0) is 43.3 Å². The van der Waals surface area contributed by atoms with E-state index in [0.29, 0.717) is 17.3 Å². The second kappa shape index (κ2) is 7.33. The number of nitrogens with one attached hydrogen (secondary N) is 1. The van der Waals surface area contributed by atoms with Crippen LogP contribution in [0.15, 0.2) is 42.5 Å². The van der Waals surface area contributed by atoms with Gasteiger partial charge in [0.25, 0.3) is 5.91 Å². The molecule has 5 nitrogen and oxygen atoms in total. The number of rotatable bonds is 4. The Bertz CT molecular complexity index is 793. The van der Waals surface area contributed by atoms with Crippen molar-refractivity contribution in [2.24, 2.45) is 0 Å². The molecule has 2 aromatic rings. The van der Waals surface area contributed by atoms with Crippen LogP contribution in [0, 0.1) is 23.0 Å². The number of anilines is 1. The average molecular weight is 330 g/mol. The smallest absolute Gasteiger partial charge is 0.339 e. The van der Waals surface area contributed by atoms with Gasteiger partial charge in [-0.1, -0.05) is 0 Å². The molecule has 0 bridgehead atoms. The third-order valence-electron chi connectivity index (χ3n) is 3.03. The van der Waals surface area contributed by atoms with Gasteiger partial charge >= 0.3 is 5.97 Å². The molecule has 0 aromatic heterocycles. The van der Waals surface area contributed by atoms with Crippen LogP contribution in [0.4, 0.5) is 14.5 Å². The summed E-state index contributed by atoms with van der Waals surface area (Å²) in [6.45, 7) is 1.33. The predicted octanol–water partition coefficient (Wildman–Crippen LogP) is 3.02. The fraction of sp³-hybridized carbons (Fsp3) is 0.118. The zero-order valence-corrected chi connectivity index (χ0v) is 12.5. The highest BCUT2D eigenvalue weighted by Crippen LogP contribution is 2.12. The Morgan fingerprint density at radius 1 is 1.12 bits per heavy atom. The molecule has 2 rings (SSSR count). The number of amides is 1. The van der Waals surface area contributed by atoms with Gasteiger partial charge in [0.1, 0.15) is 11.6 Å². The van der Waals surface area contributed by atoms with Crippen LogP contribution < -0.4 is 5.32 Å². The van der Waals surface area contributed by atoms with Crippen molar-refractivity contribution in [2.75, 3.05) is 5.32 Å². The van der Waals surface area contributed by atoms with Crippen LogP contribution >= 0.6 is 0 Å². The molecular weight excluding hydrogens is 318 g/mol. The Morgan fingerprint density at radius 3 is 2.25 bits per heavy atom. The summed E-state index contributed by atoms with van der Waals surface area (Å²) in [5, 5.41) is 11.2. The monoisotopic (exact) mass is 330 g/mol. The maximum Gasteiger partial charge on any atom is 0.339 e. The fourth-order valence-electron chi connectivity index (χ4n) is 1.83. The van der Waals surface area contributed by atoms with Crippen LogP contribution in [0.2, 0.25) is 0 Å². The van der Waals surface area contributed by atoms with Crippen LogP contribution in [0.3, 0.4) is 0 Å². The summed E-state index contributed by atoms with van der Waals surface area (Å²) in [5.74, 6) is -3.48. The summed E-state index contributed by atoms with van der Waals surface area (Å²) >= 11 is 0. The highest BCUT2D eigenvalue weighted by atomic mass is 19.1. The van der Waals surface area contributed by atoms with Crippen molar-refractivity contribution in [1.29, 1.82) is 5.26 Å². The first kappa shape index (κ1) is 17.1. The first-order valence-corrected chi connectivity index (χ1v) is 6.87. The van der Waals surface area contributed by atoms with Gasteiger partial charge in [-0.2, -0.15) is 5.26 Å². The number of nitrogens with zero attached hydrogens (tertiary/aromatic N) is 1. The van der Waals surface area contributed by atoms with E-state index in [1.807, 2.05) is 6.07 Å². The SMILES string of the molecule is C[C@H](OC(=O)c1cc(F)cc(F)c1)C(=O)Nc1ccc(C#N)cc1. The maximum absolute atomic E-state index is 13.1. The van der Waals surface area contributed by atoms with Crippen molar-refractivity contribution in [3.8, 4) is 6.07 Å². The third-order valence-corrected chi connectivity index (χ3v) is 3.03. The van der Waals surface area contributed by atoms with Crippen LogP contribution in [0.25, 0.3) is 0 Å². The molecule has 1 N–H and O–H groups in total. The van der Waals surface area contributed by atoms with E-state index in [-0.39, 0.29) is 5.56 Å². The highest BCUT2D eigenvalue weighted by Gasteiger charge is 2.20. The lowest BCUT2D eigenvalue weighted by Gasteiger charge is -2.13. The Kier molecular flexibility index (Phi) is 5.22. The lowest BCUT2D eigenvalue weighted by atomic mass is 10.2. The molecule has 24 heavy (non-hydrogen) atoms. The lowest BCUT2D eigenvalue weighted by Crippen LogP contribution is -2.30. The highest BCUT2D eigenvalue weighted by molar-refractivity contribution is 5.97. The van der Waals surface area contributed by atoms with Crippen LogP contribution in [-0.2, 0) is 9.53 Å². The second-order valence-electron chi connectivity index (χ2n) is 4.88. The van der Waals surface area contributed by atoms with Gasteiger partial charge in [0.2, 0.25) is 0 Å². The van der Waals surface area contributed by atoms with Crippen LogP contribution in [0.1, 0.15) is 22.8 Å². The Balaban J connectivity index is 2.00. The van der Waals surface area contributed by atoms with Crippen molar-refractivity contribution < 1.29 is 23.1 Å². The lowest BCUT2D eigenvalue weighted by molar-refractivity contribution is -0.123. The van der Waals surface area contributed by atoms with E-state index < -0.39 is 29.6 Å². The number of ether oxygens (including phenoxy) is 1. The summed E-state index contributed by atoms with van der Waals surface area (Å²) in [7, 11) is 0. The van der Waals surface area contributed by atoms with E-state index in [1.54, 1.807) is 0 Å². The molecule has 0 saturated carbocycles. The van der Waals surface area contributed by atoms with Gasteiger partial charge in [-0.3, -0.25) is 4.79 Å². The van der Waals surface area contributed by atoms with Gasteiger partial charge in [-0.25, -0.2) is 13.6 Å². The third kappa shape index (κ3) is 4.36. The molecule has 0 aliphatic heterocycles. The largest absolute Gasteiger partial charge is 0.449 e. The van der Waals surface area contributed by atoms with E-state index in [4.69, 9.17) is 10.00 Å². The molecule has 0 spiro atoms. The zero-order valence-electron chi connectivity index (χ0n) is 12.5. The zero-order chi connectivity index (χ0) is 17.7.